The van der Waals surface area contributed by atoms with Gasteiger partial charge >= 0.3 is 29.6 Å². The zero-order valence-electron chi connectivity index (χ0n) is 23.2. The number of nitroso groups, excluding NO2 is 1. The molecule has 212 valence electrons. The van der Waals surface area contributed by atoms with E-state index in [0.29, 0.717) is 24.3 Å². The van der Waals surface area contributed by atoms with Gasteiger partial charge in [-0.1, -0.05) is 20.8 Å². The SMILES string of the molecule is C[C@H](CCC(=O)N(CCS(=O)(=O)[O-])N=O)[C@H]1CC[C@H]2[C@@H]3[C@H](O)C[C@@H]4C[C@H](O)CC[C@]4(C)[C@H]3C[C@H](O)[C@]12C.[Na+]. The van der Waals surface area contributed by atoms with Crippen LogP contribution < -0.4 is 29.6 Å². The van der Waals surface area contributed by atoms with Gasteiger partial charge in [0.25, 0.3) is 0 Å². The van der Waals surface area contributed by atoms with E-state index in [1.54, 1.807) is 0 Å². The van der Waals surface area contributed by atoms with Gasteiger partial charge in [-0.2, -0.15) is 5.01 Å². The summed E-state index contributed by atoms with van der Waals surface area (Å²) in [5.41, 5.74) is -0.397. The van der Waals surface area contributed by atoms with Gasteiger partial charge in [0.05, 0.1) is 46.0 Å². The molecule has 1 amide bonds. The van der Waals surface area contributed by atoms with E-state index in [4.69, 9.17) is 0 Å². The van der Waals surface area contributed by atoms with Gasteiger partial charge in [0.15, 0.2) is 0 Å². The summed E-state index contributed by atoms with van der Waals surface area (Å²) in [5, 5.41) is 36.4. The summed E-state index contributed by atoms with van der Waals surface area (Å²) in [6.45, 7) is 5.93. The summed E-state index contributed by atoms with van der Waals surface area (Å²) >= 11 is 0. The molecule has 4 fully saturated rings. The van der Waals surface area contributed by atoms with Crippen LogP contribution in [0.1, 0.15) is 78.6 Å². The number of hydrogen-bond acceptors (Lipinski definition) is 9. The fourth-order valence-electron chi connectivity index (χ4n) is 9.22. The normalized spacial score (nSPS) is 43.1. The summed E-state index contributed by atoms with van der Waals surface area (Å²) in [6, 6.07) is 0. The van der Waals surface area contributed by atoms with Crippen molar-refractivity contribution in [3.8, 4) is 0 Å². The Kier molecular flexibility index (Phi) is 10.2. The molecule has 0 aromatic rings. The molecule has 10 nitrogen and oxygen atoms in total. The van der Waals surface area contributed by atoms with E-state index in [2.05, 4.69) is 19.1 Å². The molecular formula is C26H43N2NaO8S. The first-order chi connectivity index (χ1) is 17.2. The van der Waals surface area contributed by atoms with Crippen LogP contribution >= 0.6 is 0 Å². The van der Waals surface area contributed by atoms with Crippen LogP contribution in [0.25, 0.3) is 0 Å². The first-order valence-corrected chi connectivity index (χ1v) is 15.4. The van der Waals surface area contributed by atoms with Crippen molar-refractivity contribution in [1.29, 1.82) is 0 Å². The van der Waals surface area contributed by atoms with Gasteiger partial charge in [-0.15, -0.1) is 4.91 Å². The predicted molar refractivity (Wildman–Crippen MR) is 134 cm³/mol. The molecule has 0 aromatic heterocycles. The molecule has 12 heteroatoms. The second-order valence-electron chi connectivity index (χ2n) is 12.9. The Hall–Kier alpha value is -0.140. The average Bonchev–Trinajstić information content (AvgIpc) is 3.17. The van der Waals surface area contributed by atoms with Crippen molar-refractivity contribution in [3.05, 3.63) is 4.91 Å². The van der Waals surface area contributed by atoms with Gasteiger partial charge in [-0.25, -0.2) is 8.42 Å². The third kappa shape index (κ3) is 5.91. The van der Waals surface area contributed by atoms with E-state index in [1.807, 2.05) is 6.92 Å². The summed E-state index contributed by atoms with van der Waals surface area (Å²) < 4.78 is 32.6. The van der Waals surface area contributed by atoms with Gasteiger partial charge in [-0.05, 0) is 97.7 Å². The number of aliphatic hydroxyl groups is 3. The molecule has 4 rings (SSSR count). The molecule has 0 spiro atoms. The molecule has 3 N–H and O–H groups in total. The van der Waals surface area contributed by atoms with Gasteiger partial charge in [0, 0.05) is 6.42 Å². The number of hydrogen-bond donors (Lipinski definition) is 3. The van der Waals surface area contributed by atoms with Gasteiger partial charge in [-0.3, -0.25) is 4.79 Å². The topological polar surface area (TPSA) is 168 Å². The Labute approximate surface area is 248 Å². The Balaban J connectivity index is 0.00000400. The van der Waals surface area contributed by atoms with E-state index in [9.17, 15) is 38.0 Å². The first kappa shape index (κ1) is 32.4. The van der Waals surface area contributed by atoms with E-state index >= 15 is 0 Å². The van der Waals surface area contributed by atoms with Crippen molar-refractivity contribution < 1.29 is 62.6 Å². The van der Waals surface area contributed by atoms with Gasteiger partial charge in [0.2, 0.25) is 5.91 Å². The van der Waals surface area contributed by atoms with Crippen molar-refractivity contribution in [2.75, 3.05) is 12.3 Å². The molecule has 0 aromatic carbocycles. The third-order valence-electron chi connectivity index (χ3n) is 11.3. The van der Waals surface area contributed by atoms with Crippen molar-refractivity contribution in [2.45, 2.75) is 96.9 Å². The van der Waals surface area contributed by atoms with Crippen LogP contribution in [0.2, 0.25) is 0 Å². The Morgan fingerprint density at radius 3 is 2.42 bits per heavy atom. The number of rotatable bonds is 8. The Morgan fingerprint density at radius 2 is 1.79 bits per heavy atom. The van der Waals surface area contributed by atoms with E-state index in [-0.39, 0.29) is 83.0 Å². The summed E-state index contributed by atoms with van der Waals surface area (Å²) in [7, 11) is -4.57. The molecule has 0 aliphatic heterocycles. The molecule has 4 aliphatic carbocycles. The molecular weight excluding hydrogens is 523 g/mol. The zero-order valence-corrected chi connectivity index (χ0v) is 26.0. The largest absolute Gasteiger partial charge is 1.00 e. The Bertz CT molecular complexity index is 984. The molecule has 11 atom stereocenters. The minimum absolute atomic E-state index is 0. The quantitative estimate of drug-likeness (QED) is 0.152. The van der Waals surface area contributed by atoms with Crippen molar-refractivity contribution in [2.24, 2.45) is 51.6 Å². The van der Waals surface area contributed by atoms with E-state index < -0.39 is 45.9 Å². The number of carbonyl (C=O) groups excluding carboxylic acids is 1. The van der Waals surface area contributed by atoms with Crippen LogP contribution in [0.3, 0.4) is 0 Å². The molecule has 0 bridgehead atoms. The van der Waals surface area contributed by atoms with E-state index in [0.717, 1.165) is 32.1 Å². The first-order valence-electron chi connectivity index (χ1n) is 13.8. The van der Waals surface area contributed by atoms with Crippen molar-refractivity contribution >= 4 is 16.0 Å². The molecule has 0 unspecified atom stereocenters. The molecule has 38 heavy (non-hydrogen) atoms. The van der Waals surface area contributed by atoms with Crippen molar-refractivity contribution in [1.82, 2.24) is 5.01 Å². The standard InChI is InChI=1S/C26H44N2O8S.Na/c1-15(4-7-23(32)28(27-33)10-11-37(34,35)36)18-5-6-19-24-20(14-22(31)26(18,19)3)25(2)9-8-17(29)12-16(25)13-21(24)30;/h15-22,24,29-31H,4-14H2,1-3H3,(H,34,35,36);/q;+1/p-1/t15-,16+,17-,18-,19+,20+,21-,22+,24+,25+,26-;/m1./s1. The number of nitrogens with zero attached hydrogens (tertiary/aromatic N) is 2. The molecule has 0 heterocycles. The van der Waals surface area contributed by atoms with Crippen LogP contribution in [0, 0.1) is 51.2 Å². The Morgan fingerprint density at radius 1 is 1.11 bits per heavy atom. The average molecular weight is 567 g/mol. The number of amides is 1. The second-order valence-corrected chi connectivity index (χ2v) is 14.4. The molecule has 4 aliphatic rings. The maximum absolute atomic E-state index is 12.5. The van der Waals surface area contributed by atoms with Gasteiger partial charge in [0.1, 0.15) is 0 Å². The molecule has 0 radical (unpaired) electrons. The smallest absolute Gasteiger partial charge is 0.748 e. The predicted octanol–water partition coefficient (Wildman–Crippen LogP) is -0.577. The number of fused-ring (bicyclic) bond motifs is 5. The number of carbonyl (C=O) groups is 1. The van der Waals surface area contributed by atoms with Crippen LogP contribution in [-0.4, -0.2) is 69.8 Å². The number of aliphatic hydroxyl groups excluding tert-OH is 3. The minimum atomic E-state index is -4.57. The van der Waals surface area contributed by atoms with E-state index in [1.165, 1.54) is 0 Å². The van der Waals surface area contributed by atoms with Crippen molar-refractivity contribution in [3.63, 3.8) is 0 Å². The molecule has 4 saturated carbocycles. The monoisotopic (exact) mass is 566 g/mol. The summed E-state index contributed by atoms with van der Waals surface area (Å²) in [5.74, 6) is -0.553. The second kappa shape index (κ2) is 12.0. The summed E-state index contributed by atoms with van der Waals surface area (Å²) in [4.78, 5) is 23.5. The minimum Gasteiger partial charge on any atom is -0.748 e. The maximum atomic E-state index is 12.5. The maximum Gasteiger partial charge on any atom is 1.00 e. The summed E-state index contributed by atoms with van der Waals surface area (Å²) in [6.07, 6.45) is 4.66. The fourth-order valence-corrected chi connectivity index (χ4v) is 9.62. The fraction of sp³-hybridized carbons (Fsp3) is 0.962. The zero-order chi connectivity index (χ0) is 27.3. The van der Waals surface area contributed by atoms with Crippen LogP contribution in [0.4, 0.5) is 0 Å². The van der Waals surface area contributed by atoms with Gasteiger partial charge < -0.3 is 19.9 Å². The third-order valence-corrected chi connectivity index (χ3v) is 12.0. The molecule has 0 saturated heterocycles. The van der Waals surface area contributed by atoms with Crippen LogP contribution in [0.5, 0.6) is 0 Å². The van der Waals surface area contributed by atoms with Crippen LogP contribution in [0.15, 0.2) is 5.29 Å². The van der Waals surface area contributed by atoms with Crippen LogP contribution in [-0.2, 0) is 14.9 Å².